The molecule has 2 amide bonds. The van der Waals surface area contributed by atoms with Gasteiger partial charge in [-0.25, -0.2) is 0 Å². The van der Waals surface area contributed by atoms with Gasteiger partial charge in [0.15, 0.2) is 0 Å². The summed E-state index contributed by atoms with van der Waals surface area (Å²) in [5.74, 6) is 0.0278. The average molecular weight is 337 g/mol. The van der Waals surface area contributed by atoms with Gasteiger partial charge in [-0.15, -0.1) is 0 Å². The van der Waals surface area contributed by atoms with Gasteiger partial charge in [0, 0.05) is 23.5 Å². The molecule has 2 heterocycles. The summed E-state index contributed by atoms with van der Waals surface area (Å²) in [6.45, 7) is -0.0583. The van der Waals surface area contributed by atoms with Crippen LogP contribution in [0.15, 0.2) is 59.4 Å². The number of hydrogen-bond donors (Lipinski definition) is 2. The predicted octanol–water partition coefficient (Wildman–Crippen LogP) is 1.18. The highest BCUT2D eigenvalue weighted by atomic mass is 16.5. The van der Waals surface area contributed by atoms with E-state index in [-0.39, 0.29) is 30.8 Å². The van der Waals surface area contributed by atoms with Crippen LogP contribution in [-0.2, 0) is 11.3 Å². The lowest BCUT2D eigenvalue weighted by Crippen LogP contribution is -2.36. The van der Waals surface area contributed by atoms with E-state index < -0.39 is 0 Å². The van der Waals surface area contributed by atoms with Crippen molar-refractivity contribution in [3.63, 3.8) is 0 Å². The van der Waals surface area contributed by atoms with Crippen LogP contribution in [0.25, 0.3) is 11.4 Å². The summed E-state index contributed by atoms with van der Waals surface area (Å²) in [7, 11) is 0. The number of nitrogens with one attached hydrogen (secondary N) is 2. The van der Waals surface area contributed by atoms with Gasteiger partial charge in [0.05, 0.1) is 13.1 Å². The Balaban J connectivity index is 1.47. The highest BCUT2D eigenvalue weighted by molar-refractivity contribution is 5.96. The van der Waals surface area contributed by atoms with Crippen molar-refractivity contribution in [1.29, 1.82) is 0 Å². The Kier molecular flexibility index (Phi) is 5.10. The van der Waals surface area contributed by atoms with Crippen molar-refractivity contribution in [1.82, 2.24) is 25.8 Å². The van der Waals surface area contributed by atoms with Crippen LogP contribution in [-0.4, -0.2) is 33.5 Å². The maximum Gasteiger partial charge on any atom is 0.251 e. The second-order valence-corrected chi connectivity index (χ2v) is 5.07. The molecule has 8 nitrogen and oxygen atoms in total. The van der Waals surface area contributed by atoms with Gasteiger partial charge in [-0.05, 0) is 24.3 Å². The molecule has 0 spiro atoms. The van der Waals surface area contributed by atoms with Gasteiger partial charge in [-0.3, -0.25) is 14.6 Å². The van der Waals surface area contributed by atoms with Crippen molar-refractivity contribution in [2.45, 2.75) is 6.54 Å². The fraction of sp³-hybridized carbons (Fsp3) is 0.118. The van der Waals surface area contributed by atoms with Crippen LogP contribution in [0.3, 0.4) is 0 Å². The predicted molar refractivity (Wildman–Crippen MR) is 88.2 cm³/mol. The van der Waals surface area contributed by atoms with E-state index in [1.54, 1.807) is 48.8 Å². The molecule has 126 valence electrons. The zero-order valence-corrected chi connectivity index (χ0v) is 13.2. The second-order valence-electron chi connectivity index (χ2n) is 5.07. The zero-order valence-electron chi connectivity index (χ0n) is 13.2. The Morgan fingerprint density at radius 2 is 1.76 bits per heavy atom. The quantitative estimate of drug-likeness (QED) is 0.699. The molecule has 1 aromatic carbocycles. The summed E-state index contributed by atoms with van der Waals surface area (Å²) in [5, 5.41) is 8.99. The normalized spacial score (nSPS) is 10.2. The molecule has 0 aliphatic rings. The molecule has 0 atom stereocenters. The number of aromatic nitrogens is 3. The van der Waals surface area contributed by atoms with Crippen LogP contribution < -0.4 is 10.6 Å². The minimum absolute atomic E-state index is 0.0815. The van der Waals surface area contributed by atoms with E-state index in [0.717, 1.165) is 5.56 Å². The van der Waals surface area contributed by atoms with E-state index in [0.29, 0.717) is 11.4 Å². The molecule has 0 fully saturated rings. The first-order valence-corrected chi connectivity index (χ1v) is 7.55. The van der Waals surface area contributed by atoms with Crippen LogP contribution in [0.4, 0.5) is 0 Å². The van der Waals surface area contributed by atoms with Gasteiger partial charge in [-0.2, -0.15) is 4.98 Å². The van der Waals surface area contributed by atoms with E-state index in [1.807, 2.05) is 6.07 Å². The van der Waals surface area contributed by atoms with Gasteiger partial charge in [0.2, 0.25) is 17.6 Å². The molecule has 8 heteroatoms. The fourth-order valence-electron chi connectivity index (χ4n) is 2.03. The lowest BCUT2D eigenvalue weighted by molar-refractivity contribution is -0.120. The Hall–Kier alpha value is -3.55. The molecule has 0 unspecified atom stereocenters. The molecule has 3 aromatic rings. The summed E-state index contributed by atoms with van der Waals surface area (Å²) >= 11 is 0. The van der Waals surface area contributed by atoms with E-state index >= 15 is 0 Å². The molecule has 0 saturated carbocycles. The largest absolute Gasteiger partial charge is 0.345 e. The molecule has 2 N–H and O–H groups in total. The topological polar surface area (TPSA) is 110 Å². The number of hydrogen-bond acceptors (Lipinski definition) is 6. The zero-order chi connectivity index (χ0) is 17.5. The molecular weight excluding hydrogens is 322 g/mol. The van der Waals surface area contributed by atoms with Crippen molar-refractivity contribution in [2.75, 3.05) is 6.54 Å². The van der Waals surface area contributed by atoms with E-state index in [9.17, 15) is 9.59 Å². The van der Waals surface area contributed by atoms with Gasteiger partial charge < -0.3 is 15.2 Å². The maximum absolute atomic E-state index is 11.8. The van der Waals surface area contributed by atoms with Crippen molar-refractivity contribution >= 4 is 11.8 Å². The molecule has 0 bridgehead atoms. The Morgan fingerprint density at radius 3 is 2.52 bits per heavy atom. The van der Waals surface area contributed by atoms with Gasteiger partial charge in [0.25, 0.3) is 5.91 Å². The summed E-state index contributed by atoms with van der Waals surface area (Å²) in [4.78, 5) is 31.8. The lowest BCUT2D eigenvalue weighted by Gasteiger charge is -2.05. The lowest BCUT2D eigenvalue weighted by atomic mass is 10.2. The van der Waals surface area contributed by atoms with Gasteiger partial charge in [-0.1, -0.05) is 23.4 Å². The molecule has 0 saturated heterocycles. The third-order valence-corrected chi connectivity index (χ3v) is 3.29. The molecule has 0 aliphatic heterocycles. The van der Waals surface area contributed by atoms with E-state index in [4.69, 9.17) is 4.52 Å². The first-order valence-electron chi connectivity index (χ1n) is 7.55. The molecule has 0 radical (unpaired) electrons. The van der Waals surface area contributed by atoms with Crippen LogP contribution >= 0.6 is 0 Å². The Labute approximate surface area is 143 Å². The molecule has 0 aliphatic carbocycles. The SMILES string of the molecule is O=C(CNC(=O)c1ccccc1)NCc1nc(-c2ccncc2)no1. The maximum atomic E-state index is 11.8. The second kappa shape index (κ2) is 7.82. The number of carbonyl (C=O) groups is 2. The monoisotopic (exact) mass is 337 g/mol. The van der Waals surface area contributed by atoms with Crippen LogP contribution in [0.2, 0.25) is 0 Å². The summed E-state index contributed by atoms with van der Waals surface area (Å²) in [6.07, 6.45) is 3.26. The van der Waals surface area contributed by atoms with Gasteiger partial charge >= 0.3 is 0 Å². The molecule has 3 rings (SSSR count). The first kappa shape index (κ1) is 16.3. The van der Waals surface area contributed by atoms with Crippen molar-refractivity contribution < 1.29 is 14.1 Å². The fourth-order valence-corrected chi connectivity index (χ4v) is 2.03. The Morgan fingerprint density at radius 1 is 1.00 bits per heavy atom. The number of carbonyl (C=O) groups excluding carboxylic acids is 2. The minimum Gasteiger partial charge on any atom is -0.345 e. The van der Waals surface area contributed by atoms with Crippen LogP contribution in [0, 0.1) is 0 Å². The standard InChI is InChI=1S/C17H15N5O3/c23-14(10-20-17(24)13-4-2-1-3-5-13)19-11-15-21-16(22-25-15)12-6-8-18-9-7-12/h1-9H,10-11H2,(H,19,23)(H,20,24). The summed E-state index contributed by atoms with van der Waals surface area (Å²) in [6, 6.07) is 12.2. The minimum atomic E-state index is -0.354. The summed E-state index contributed by atoms with van der Waals surface area (Å²) < 4.78 is 5.08. The Bertz CT molecular complexity index is 849. The van der Waals surface area contributed by atoms with Crippen molar-refractivity contribution in [3.05, 3.63) is 66.3 Å². The van der Waals surface area contributed by atoms with Crippen molar-refractivity contribution in [3.8, 4) is 11.4 Å². The number of pyridine rings is 1. The molecule has 2 aromatic heterocycles. The smallest absolute Gasteiger partial charge is 0.251 e. The molecule has 25 heavy (non-hydrogen) atoms. The molecular formula is C17H15N5O3. The third kappa shape index (κ3) is 4.47. The third-order valence-electron chi connectivity index (χ3n) is 3.29. The highest BCUT2D eigenvalue weighted by Crippen LogP contribution is 2.13. The number of rotatable bonds is 6. The highest BCUT2D eigenvalue weighted by Gasteiger charge is 2.11. The first-order chi connectivity index (χ1) is 12.2. The number of nitrogens with zero attached hydrogens (tertiary/aromatic N) is 3. The summed E-state index contributed by atoms with van der Waals surface area (Å²) in [5.41, 5.74) is 1.26. The number of benzene rings is 1. The van der Waals surface area contributed by atoms with Gasteiger partial charge in [0.1, 0.15) is 0 Å². The average Bonchev–Trinajstić information content (AvgIpc) is 3.15. The van der Waals surface area contributed by atoms with E-state index in [1.165, 1.54) is 0 Å². The van der Waals surface area contributed by atoms with Crippen LogP contribution in [0.5, 0.6) is 0 Å². The van der Waals surface area contributed by atoms with Crippen LogP contribution in [0.1, 0.15) is 16.2 Å². The number of amides is 2. The van der Waals surface area contributed by atoms with E-state index in [2.05, 4.69) is 25.8 Å². The van der Waals surface area contributed by atoms with Crippen molar-refractivity contribution in [2.24, 2.45) is 0 Å².